The zero-order valence-electron chi connectivity index (χ0n) is 11.5. The number of halogens is 5. The van der Waals surface area contributed by atoms with E-state index in [-0.39, 0.29) is 42.7 Å². The first-order chi connectivity index (χ1) is 8.57. The SMILES string of the molecule is Cl.F.F.F.F.O=S(=O)(Cc1ccccc1)Oc1ccccc1S. The van der Waals surface area contributed by atoms with Crippen LogP contribution in [0.1, 0.15) is 5.56 Å². The average Bonchev–Trinajstić information content (AvgIpc) is 2.32. The molecule has 0 aliphatic heterocycles. The molecule has 0 saturated heterocycles. The molecule has 2 rings (SSSR count). The fraction of sp³-hybridized carbons (Fsp3) is 0.0769. The second-order valence-electron chi connectivity index (χ2n) is 3.74. The molecular formula is C13H17ClF4O3S2. The predicted octanol–water partition coefficient (Wildman–Crippen LogP) is 3.92. The maximum Gasteiger partial charge on any atom is 0.313 e. The van der Waals surface area contributed by atoms with Crippen molar-refractivity contribution in [3.05, 3.63) is 60.2 Å². The summed E-state index contributed by atoms with van der Waals surface area (Å²) < 4.78 is 28.8. The summed E-state index contributed by atoms with van der Waals surface area (Å²) in [6.45, 7) is 0. The molecule has 3 nitrogen and oxygen atoms in total. The van der Waals surface area contributed by atoms with Gasteiger partial charge in [-0.05, 0) is 17.7 Å². The first kappa shape index (κ1) is 29.5. The van der Waals surface area contributed by atoms with Crippen LogP contribution in [0, 0.1) is 0 Å². The zero-order valence-corrected chi connectivity index (χ0v) is 14.1. The van der Waals surface area contributed by atoms with Crippen LogP contribution >= 0.6 is 25.0 Å². The van der Waals surface area contributed by atoms with E-state index in [0.717, 1.165) is 0 Å². The van der Waals surface area contributed by atoms with E-state index in [9.17, 15) is 8.42 Å². The van der Waals surface area contributed by atoms with Crippen LogP contribution in [0.3, 0.4) is 0 Å². The number of para-hydroxylation sites is 1. The van der Waals surface area contributed by atoms with Crippen molar-refractivity contribution in [2.75, 3.05) is 0 Å². The molecule has 0 radical (unpaired) electrons. The second kappa shape index (κ2) is 13.0. The molecule has 0 fully saturated rings. The van der Waals surface area contributed by atoms with Gasteiger partial charge in [-0.25, -0.2) is 0 Å². The van der Waals surface area contributed by atoms with Crippen LogP contribution in [0.4, 0.5) is 18.8 Å². The first-order valence-corrected chi connectivity index (χ1v) is 7.33. The largest absolute Gasteiger partial charge is 0.381 e. The van der Waals surface area contributed by atoms with Gasteiger partial charge in [0.1, 0.15) is 5.75 Å². The van der Waals surface area contributed by atoms with E-state index in [1.165, 1.54) is 0 Å². The fourth-order valence-electron chi connectivity index (χ4n) is 1.47. The lowest BCUT2D eigenvalue weighted by Crippen LogP contribution is -2.12. The third-order valence-electron chi connectivity index (χ3n) is 2.27. The van der Waals surface area contributed by atoms with Crippen LogP contribution < -0.4 is 4.18 Å². The van der Waals surface area contributed by atoms with Crippen molar-refractivity contribution in [1.29, 1.82) is 0 Å². The maximum atomic E-state index is 11.9. The maximum absolute atomic E-state index is 11.9. The molecule has 10 heteroatoms. The Labute approximate surface area is 143 Å². The van der Waals surface area contributed by atoms with Crippen LogP contribution in [0.15, 0.2) is 59.5 Å². The van der Waals surface area contributed by atoms with E-state index >= 15 is 0 Å². The van der Waals surface area contributed by atoms with E-state index in [2.05, 4.69) is 12.6 Å². The summed E-state index contributed by atoms with van der Waals surface area (Å²) >= 11 is 4.15. The molecule has 0 bridgehead atoms. The Morgan fingerprint density at radius 3 is 1.83 bits per heavy atom. The van der Waals surface area contributed by atoms with Gasteiger partial charge in [-0.3, -0.25) is 18.8 Å². The molecular weight excluding hydrogens is 380 g/mol. The van der Waals surface area contributed by atoms with Gasteiger partial charge in [0.05, 0.1) is 0 Å². The Kier molecular flexibility index (Phi) is 16.7. The Morgan fingerprint density at radius 2 is 1.30 bits per heavy atom. The summed E-state index contributed by atoms with van der Waals surface area (Å²) in [6, 6.07) is 15.6. The van der Waals surface area contributed by atoms with E-state index in [1.807, 2.05) is 6.07 Å². The lowest BCUT2D eigenvalue weighted by molar-refractivity contribution is 0.479. The molecule has 0 heterocycles. The van der Waals surface area contributed by atoms with Crippen molar-refractivity contribution in [3.8, 4) is 5.75 Å². The molecule has 0 atom stereocenters. The Balaban J connectivity index is -0.000000361. The third-order valence-corrected chi connectivity index (χ3v) is 3.76. The van der Waals surface area contributed by atoms with Crippen molar-refractivity contribution >= 4 is 35.2 Å². The third kappa shape index (κ3) is 9.32. The van der Waals surface area contributed by atoms with Crippen LogP contribution in [0.5, 0.6) is 5.75 Å². The van der Waals surface area contributed by atoms with E-state index in [1.54, 1.807) is 48.5 Å². The van der Waals surface area contributed by atoms with Crippen molar-refractivity contribution < 1.29 is 31.4 Å². The smallest absolute Gasteiger partial charge is 0.313 e. The van der Waals surface area contributed by atoms with Gasteiger partial charge in [0.2, 0.25) is 0 Å². The number of thiol groups is 1. The van der Waals surface area contributed by atoms with Gasteiger partial charge in [-0.2, -0.15) is 8.42 Å². The average molecular weight is 397 g/mol. The Morgan fingerprint density at radius 1 is 0.826 bits per heavy atom. The van der Waals surface area contributed by atoms with Crippen molar-refractivity contribution in [1.82, 2.24) is 0 Å². The first-order valence-electron chi connectivity index (χ1n) is 5.31. The molecule has 2 aromatic rings. The topological polar surface area (TPSA) is 43.4 Å². The Bertz CT molecular complexity index is 643. The molecule has 0 aromatic heterocycles. The standard InChI is InChI=1S/C13H12O3S2.ClH.4FH/c14-18(15,10-11-6-2-1-3-7-11)16-12-8-4-5-9-13(12)17;;;;;/h1-9,17H,10H2;5*1H. The molecule has 0 aliphatic rings. The molecule has 0 N–H and O–H groups in total. The summed E-state index contributed by atoms with van der Waals surface area (Å²) in [4.78, 5) is 0.495. The Hall–Kier alpha value is -1.45. The number of rotatable bonds is 4. The van der Waals surface area contributed by atoms with Crippen molar-refractivity contribution in [2.45, 2.75) is 10.6 Å². The van der Waals surface area contributed by atoms with Gasteiger partial charge in [0.15, 0.2) is 5.75 Å². The van der Waals surface area contributed by atoms with Gasteiger partial charge < -0.3 is 4.18 Å². The second-order valence-corrected chi connectivity index (χ2v) is 5.79. The summed E-state index contributed by atoms with van der Waals surface area (Å²) in [5.41, 5.74) is 0.689. The number of hydrogen-bond donors (Lipinski definition) is 1. The van der Waals surface area contributed by atoms with Crippen molar-refractivity contribution in [2.24, 2.45) is 0 Å². The summed E-state index contributed by atoms with van der Waals surface area (Å²) in [5.74, 6) is 0.0902. The highest BCUT2D eigenvalue weighted by Gasteiger charge is 2.15. The van der Waals surface area contributed by atoms with Gasteiger partial charge in [-0.15, -0.1) is 25.0 Å². The van der Waals surface area contributed by atoms with Crippen LogP contribution in [-0.2, 0) is 15.9 Å². The molecule has 2 aromatic carbocycles. The molecule has 23 heavy (non-hydrogen) atoms. The fourth-order valence-corrected chi connectivity index (χ4v) is 2.82. The van der Waals surface area contributed by atoms with Crippen LogP contribution in [-0.4, -0.2) is 8.42 Å². The molecule has 0 saturated carbocycles. The van der Waals surface area contributed by atoms with E-state index in [0.29, 0.717) is 10.5 Å². The van der Waals surface area contributed by atoms with Gasteiger partial charge >= 0.3 is 10.1 Å². The lowest BCUT2D eigenvalue weighted by atomic mass is 10.2. The summed E-state index contributed by atoms with van der Waals surface area (Å²) in [5, 5.41) is 0. The highest BCUT2D eigenvalue weighted by molar-refractivity contribution is 7.86. The zero-order chi connectivity index (χ0) is 13.0. The minimum Gasteiger partial charge on any atom is -0.381 e. The van der Waals surface area contributed by atoms with Gasteiger partial charge in [0.25, 0.3) is 0 Å². The monoisotopic (exact) mass is 396 g/mol. The quantitative estimate of drug-likeness (QED) is 0.484. The van der Waals surface area contributed by atoms with E-state index < -0.39 is 10.1 Å². The highest BCUT2D eigenvalue weighted by atomic mass is 35.5. The van der Waals surface area contributed by atoms with Crippen LogP contribution in [0.25, 0.3) is 0 Å². The number of hydrogen-bond acceptors (Lipinski definition) is 4. The van der Waals surface area contributed by atoms with Crippen molar-refractivity contribution in [3.63, 3.8) is 0 Å². The minimum atomic E-state index is -3.66. The molecule has 0 amide bonds. The molecule has 134 valence electrons. The van der Waals surface area contributed by atoms with Gasteiger partial charge in [0, 0.05) is 4.90 Å². The predicted molar refractivity (Wildman–Crippen MR) is 90.6 cm³/mol. The normalized spacial score (nSPS) is 8.74. The minimum absolute atomic E-state index is 0. The number of benzene rings is 2. The summed E-state index contributed by atoms with van der Waals surface area (Å²) in [6.07, 6.45) is 0. The van der Waals surface area contributed by atoms with Crippen LogP contribution in [0.2, 0.25) is 0 Å². The summed E-state index contributed by atoms with van der Waals surface area (Å²) in [7, 11) is -3.66. The lowest BCUT2D eigenvalue weighted by Gasteiger charge is -2.08. The molecule has 0 aliphatic carbocycles. The molecule has 0 spiro atoms. The molecule has 0 unspecified atom stereocenters. The van der Waals surface area contributed by atoms with E-state index in [4.69, 9.17) is 4.18 Å². The highest BCUT2D eigenvalue weighted by Crippen LogP contribution is 2.23. The van der Waals surface area contributed by atoms with Gasteiger partial charge in [-0.1, -0.05) is 42.5 Å².